The van der Waals surface area contributed by atoms with Crippen LogP contribution < -0.4 is 4.90 Å². The van der Waals surface area contributed by atoms with Crippen LogP contribution in [0.25, 0.3) is 10.8 Å². The van der Waals surface area contributed by atoms with E-state index in [4.69, 9.17) is 9.47 Å². The lowest BCUT2D eigenvalue weighted by Crippen LogP contribution is -2.56. The van der Waals surface area contributed by atoms with Gasteiger partial charge in [-0.15, -0.1) is 13.2 Å². The fourth-order valence-electron chi connectivity index (χ4n) is 6.98. The average Bonchev–Trinajstić information content (AvgIpc) is 3.52. The van der Waals surface area contributed by atoms with E-state index in [0.717, 1.165) is 17.2 Å². The highest BCUT2D eigenvalue weighted by molar-refractivity contribution is 6.05. The van der Waals surface area contributed by atoms with Crippen molar-refractivity contribution in [2.45, 2.75) is 56.3 Å². The van der Waals surface area contributed by atoms with E-state index in [1.54, 1.807) is 17.1 Å². The van der Waals surface area contributed by atoms with Crippen LogP contribution in [0.15, 0.2) is 67.8 Å². The van der Waals surface area contributed by atoms with Crippen molar-refractivity contribution in [1.29, 1.82) is 0 Å². The molecule has 0 aliphatic carbocycles. The lowest BCUT2D eigenvalue weighted by Gasteiger charge is -2.36. The van der Waals surface area contributed by atoms with Crippen LogP contribution in [0.2, 0.25) is 0 Å². The van der Waals surface area contributed by atoms with Crippen LogP contribution >= 0.6 is 0 Å². The Labute approximate surface area is 235 Å². The Morgan fingerprint density at radius 1 is 1.15 bits per heavy atom. The second-order valence-corrected chi connectivity index (χ2v) is 11.2. The molecule has 5 rings (SSSR count). The number of nitrogens with zero attached hydrogens (tertiary/aromatic N) is 2. The molecular formula is C32H38N2O6. The molecule has 2 bridgehead atoms. The smallest absolute Gasteiger partial charge is 0.312 e. The molecule has 3 fully saturated rings. The Bertz CT molecular complexity index is 1330. The number of hydrogen-bond acceptors (Lipinski definition) is 6. The van der Waals surface area contributed by atoms with Gasteiger partial charge in [0.15, 0.2) is 0 Å². The minimum Gasteiger partial charge on any atom is -0.465 e. The molecule has 0 saturated carbocycles. The lowest BCUT2D eigenvalue weighted by atomic mass is 9.66. The number of ether oxygens (including phenoxy) is 2. The van der Waals surface area contributed by atoms with Gasteiger partial charge in [0.05, 0.1) is 18.1 Å². The molecule has 3 aliphatic heterocycles. The molecule has 2 aromatic carbocycles. The van der Waals surface area contributed by atoms with Crippen LogP contribution in [0.4, 0.5) is 5.69 Å². The molecule has 1 spiro atoms. The van der Waals surface area contributed by atoms with Gasteiger partial charge in [0.1, 0.15) is 17.6 Å². The van der Waals surface area contributed by atoms with E-state index < -0.39 is 35.0 Å². The molecular weight excluding hydrogens is 508 g/mol. The first-order valence-electron chi connectivity index (χ1n) is 14.1. The third-order valence-electron chi connectivity index (χ3n) is 8.74. The summed E-state index contributed by atoms with van der Waals surface area (Å²) in [6.07, 6.45) is 6.13. The number of fused-ring (bicyclic) bond motifs is 2. The van der Waals surface area contributed by atoms with Crippen molar-refractivity contribution >= 4 is 34.2 Å². The Kier molecular flexibility index (Phi) is 7.84. The molecule has 5 atom stereocenters. The number of carbonyl (C=O) groups is 3. The maximum Gasteiger partial charge on any atom is 0.312 e. The van der Waals surface area contributed by atoms with Crippen LogP contribution in [-0.2, 0) is 23.9 Å². The maximum absolute atomic E-state index is 14.6. The SMILES string of the molecule is C=CCCCOC(=O)[C@H]1[C@H]2C(=O)N(CCCO)C(C(=O)N(CC=C)c3ccc4ccccc4c3)C23CC[C@]1(C)O3. The van der Waals surface area contributed by atoms with Crippen molar-refractivity contribution in [3.8, 4) is 0 Å². The number of likely N-dealkylation sites (tertiary alicyclic amines) is 1. The van der Waals surface area contributed by atoms with Gasteiger partial charge in [-0.1, -0.05) is 42.5 Å². The number of carbonyl (C=O) groups excluding carboxylic acids is 3. The van der Waals surface area contributed by atoms with Crippen molar-refractivity contribution in [3.05, 3.63) is 67.8 Å². The predicted molar refractivity (Wildman–Crippen MR) is 153 cm³/mol. The zero-order valence-electron chi connectivity index (χ0n) is 23.1. The second-order valence-electron chi connectivity index (χ2n) is 11.2. The molecule has 8 heteroatoms. The summed E-state index contributed by atoms with van der Waals surface area (Å²) in [6.45, 7) is 9.96. The number of aliphatic hydroxyl groups excluding tert-OH is 1. The molecule has 2 unspecified atom stereocenters. The van der Waals surface area contributed by atoms with E-state index >= 15 is 0 Å². The molecule has 3 aliphatic rings. The van der Waals surface area contributed by atoms with Gasteiger partial charge < -0.3 is 24.4 Å². The minimum atomic E-state index is -1.15. The Balaban J connectivity index is 1.52. The molecule has 3 heterocycles. The molecule has 40 heavy (non-hydrogen) atoms. The molecule has 0 radical (unpaired) electrons. The van der Waals surface area contributed by atoms with Crippen molar-refractivity contribution in [2.24, 2.45) is 11.8 Å². The first kappa shape index (κ1) is 28.1. The Morgan fingerprint density at radius 2 is 1.93 bits per heavy atom. The van der Waals surface area contributed by atoms with E-state index in [-0.39, 0.29) is 38.1 Å². The first-order chi connectivity index (χ1) is 19.3. The summed E-state index contributed by atoms with van der Waals surface area (Å²) in [5.74, 6) is -2.67. The number of hydrogen-bond donors (Lipinski definition) is 1. The summed E-state index contributed by atoms with van der Waals surface area (Å²) < 4.78 is 12.3. The van der Waals surface area contributed by atoms with Crippen LogP contribution in [0.1, 0.15) is 39.0 Å². The lowest BCUT2D eigenvalue weighted by molar-refractivity contribution is -0.159. The third kappa shape index (κ3) is 4.53. The molecule has 2 aromatic rings. The summed E-state index contributed by atoms with van der Waals surface area (Å²) >= 11 is 0. The van der Waals surface area contributed by atoms with Gasteiger partial charge in [-0.3, -0.25) is 14.4 Å². The predicted octanol–water partition coefficient (Wildman–Crippen LogP) is 4.02. The standard InChI is InChI=1S/C32H38N2O6/c1-4-6-9-20-39-30(38)26-25-28(36)34(18-10-19-35)27(32(25)16-15-31(26,3)40-32)29(37)33(17-5-2)24-14-13-22-11-7-8-12-23(22)21-24/h4-5,7-8,11-14,21,25-27,35H,1-2,6,9-10,15-20H2,3H3/t25-,26+,27?,31-,32?/m0/s1. The van der Waals surface area contributed by atoms with Gasteiger partial charge in [0, 0.05) is 25.4 Å². The van der Waals surface area contributed by atoms with E-state index in [9.17, 15) is 19.5 Å². The highest BCUT2D eigenvalue weighted by atomic mass is 16.6. The number of benzene rings is 2. The number of aliphatic hydroxyl groups is 1. The molecule has 0 aromatic heterocycles. The van der Waals surface area contributed by atoms with Crippen LogP contribution in [0.3, 0.4) is 0 Å². The average molecular weight is 547 g/mol. The van der Waals surface area contributed by atoms with Gasteiger partial charge in [-0.05, 0) is 61.9 Å². The highest BCUT2D eigenvalue weighted by Crippen LogP contribution is 2.63. The molecule has 212 valence electrons. The van der Waals surface area contributed by atoms with Gasteiger partial charge in [-0.2, -0.15) is 0 Å². The largest absolute Gasteiger partial charge is 0.465 e. The van der Waals surface area contributed by atoms with Gasteiger partial charge in [-0.25, -0.2) is 0 Å². The van der Waals surface area contributed by atoms with E-state index in [1.165, 1.54) is 4.90 Å². The van der Waals surface area contributed by atoms with Gasteiger partial charge in [0.2, 0.25) is 5.91 Å². The number of rotatable bonds is 12. The second kappa shape index (κ2) is 11.2. The number of amides is 2. The van der Waals surface area contributed by atoms with E-state index in [2.05, 4.69) is 13.2 Å². The summed E-state index contributed by atoms with van der Waals surface area (Å²) in [5.41, 5.74) is -1.36. The topological polar surface area (TPSA) is 96.4 Å². The highest BCUT2D eigenvalue weighted by Gasteiger charge is 2.78. The summed E-state index contributed by atoms with van der Waals surface area (Å²) in [6, 6.07) is 12.8. The number of anilines is 1. The Morgan fingerprint density at radius 3 is 2.65 bits per heavy atom. The zero-order chi connectivity index (χ0) is 28.5. The van der Waals surface area contributed by atoms with Gasteiger partial charge in [0.25, 0.3) is 5.91 Å². The minimum absolute atomic E-state index is 0.128. The summed E-state index contributed by atoms with van der Waals surface area (Å²) in [7, 11) is 0. The fourth-order valence-corrected chi connectivity index (χ4v) is 6.98. The summed E-state index contributed by atoms with van der Waals surface area (Å²) in [4.78, 5) is 45.2. The third-order valence-corrected chi connectivity index (χ3v) is 8.74. The number of unbranched alkanes of at least 4 members (excludes halogenated alkanes) is 1. The monoisotopic (exact) mass is 546 g/mol. The zero-order valence-corrected chi connectivity index (χ0v) is 23.1. The van der Waals surface area contributed by atoms with Crippen molar-refractivity contribution < 1.29 is 29.0 Å². The van der Waals surface area contributed by atoms with Crippen LogP contribution in [0, 0.1) is 11.8 Å². The number of allylic oxidation sites excluding steroid dienone is 1. The van der Waals surface area contributed by atoms with E-state index in [0.29, 0.717) is 31.4 Å². The Hall–Kier alpha value is -3.49. The van der Waals surface area contributed by atoms with Gasteiger partial charge >= 0.3 is 5.97 Å². The molecule has 3 saturated heterocycles. The van der Waals surface area contributed by atoms with Crippen molar-refractivity contribution in [3.63, 3.8) is 0 Å². The fraction of sp³-hybridized carbons (Fsp3) is 0.469. The normalized spacial score (nSPS) is 28.5. The quantitative estimate of drug-likeness (QED) is 0.246. The van der Waals surface area contributed by atoms with E-state index in [1.807, 2.05) is 49.4 Å². The molecule has 1 N–H and O–H groups in total. The first-order valence-corrected chi connectivity index (χ1v) is 14.1. The van der Waals surface area contributed by atoms with Crippen molar-refractivity contribution in [2.75, 3.05) is 31.2 Å². The summed E-state index contributed by atoms with van der Waals surface area (Å²) in [5, 5.41) is 11.6. The van der Waals surface area contributed by atoms with Crippen LogP contribution in [-0.4, -0.2) is 71.3 Å². The number of esters is 1. The molecule has 2 amide bonds. The van der Waals surface area contributed by atoms with Crippen LogP contribution in [0.5, 0.6) is 0 Å². The maximum atomic E-state index is 14.6. The van der Waals surface area contributed by atoms with Crippen molar-refractivity contribution in [1.82, 2.24) is 4.90 Å². The molecule has 8 nitrogen and oxygen atoms in total.